The number of ether oxygens (including phenoxy) is 2. The van der Waals surface area contributed by atoms with Crippen molar-refractivity contribution in [1.29, 1.82) is 0 Å². The summed E-state index contributed by atoms with van der Waals surface area (Å²) in [4.78, 5) is 28.5. The minimum atomic E-state index is -0.198. The number of hydrogen-bond donors (Lipinski definition) is 1. The van der Waals surface area contributed by atoms with Gasteiger partial charge in [0.15, 0.2) is 11.6 Å². The molecule has 0 spiro atoms. The molecule has 1 saturated heterocycles. The fourth-order valence-electron chi connectivity index (χ4n) is 3.68. The maximum absolute atomic E-state index is 13.2. The molecule has 1 aliphatic rings. The Bertz CT molecular complexity index is 1110. The molecule has 1 aliphatic heterocycles. The highest BCUT2D eigenvalue weighted by atomic mass is 16.5. The third kappa shape index (κ3) is 5.64. The molecule has 3 aromatic rings. The van der Waals surface area contributed by atoms with E-state index in [-0.39, 0.29) is 23.7 Å². The van der Waals surface area contributed by atoms with E-state index in [0.717, 1.165) is 35.7 Å². The van der Waals surface area contributed by atoms with Crippen molar-refractivity contribution in [2.45, 2.75) is 20.3 Å². The summed E-state index contributed by atoms with van der Waals surface area (Å²) < 4.78 is 11.3. The number of aromatic nitrogens is 3. The maximum atomic E-state index is 13.2. The first-order valence-electron chi connectivity index (χ1n) is 11.2. The summed E-state index contributed by atoms with van der Waals surface area (Å²) in [5, 5.41) is 0. The zero-order valence-electron chi connectivity index (χ0n) is 19.0. The average Bonchev–Trinajstić information content (AvgIpc) is 2.84. The second-order valence-electron chi connectivity index (χ2n) is 8.43. The SMILES string of the molecule is CC(C)COc1cccc(-c2cnc(N)c(C(=O)Cc3cnccc3N3CCOCC3)n2)c1. The number of nitrogens with two attached hydrogens (primary N) is 1. The first-order valence-corrected chi connectivity index (χ1v) is 11.2. The third-order valence-electron chi connectivity index (χ3n) is 5.36. The van der Waals surface area contributed by atoms with Crippen molar-refractivity contribution in [3.05, 3.63) is 60.2 Å². The number of carbonyl (C=O) groups excluding carboxylic acids is 1. The van der Waals surface area contributed by atoms with Gasteiger partial charge >= 0.3 is 0 Å². The molecule has 2 aromatic heterocycles. The van der Waals surface area contributed by atoms with E-state index >= 15 is 0 Å². The molecule has 172 valence electrons. The van der Waals surface area contributed by atoms with Crippen molar-refractivity contribution in [3.8, 4) is 17.0 Å². The number of hydrogen-bond acceptors (Lipinski definition) is 8. The molecule has 8 nitrogen and oxygen atoms in total. The molecule has 8 heteroatoms. The first kappa shape index (κ1) is 22.7. The fraction of sp³-hybridized carbons (Fsp3) is 0.360. The lowest BCUT2D eigenvalue weighted by Gasteiger charge is -2.30. The van der Waals surface area contributed by atoms with E-state index in [1.54, 1.807) is 18.6 Å². The van der Waals surface area contributed by atoms with Crippen LogP contribution in [0.3, 0.4) is 0 Å². The summed E-state index contributed by atoms with van der Waals surface area (Å²) in [7, 11) is 0. The van der Waals surface area contributed by atoms with E-state index in [2.05, 4.69) is 33.7 Å². The predicted octanol–water partition coefficient (Wildman–Crippen LogP) is 3.42. The molecule has 2 N–H and O–H groups in total. The number of ketones is 1. The molecule has 33 heavy (non-hydrogen) atoms. The van der Waals surface area contributed by atoms with E-state index in [1.165, 1.54) is 0 Å². The highest BCUT2D eigenvalue weighted by Crippen LogP contribution is 2.26. The molecule has 1 fully saturated rings. The van der Waals surface area contributed by atoms with Gasteiger partial charge < -0.3 is 20.1 Å². The molecule has 3 heterocycles. The second kappa shape index (κ2) is 10.4. The monoisotopic (exact) mass is 447 g/mol. The van der Waals surface area contributed by atoms with Crippen molar-refractivity contribution >= 4 is 17.3 Å². The van der Waals surface area contributed by atoms with Crippen LogP contribution in [0.1, 0.15) is 29.9 Å². The lowest BCUT2D eigenvalue weighted by Crippen LogP contribution is -2.37. The van der Waals surface area contributed by atoms with Crippen LogP contribution in [0.25, 0.3) is 11.3 Å². The Hall–Kier alpha value is -3.52. The number of benzene rings is 1. The van der Waals surface area contributed by atoms with Crippen LogP contribution < -0.4 is 15.4 Å². The fourth-order valence-corrected chi connectivity index (χ4v) is 3.68. The second-order valence-corrected chi connectivity index (χ2v) is 8.43. The predicted molar refractivity (Wildman–Crippen MR) is 128 cm³/mol. The Morgan fingerprint density at radius 1 is 1.21 bits per heavy atom. The highest BCUT2D eigenvalue weighted by Gasteiger charge is 2.20. The topological polar surface area (TPSA) is 103 Å². The van der Waals surface area contributed by atoms with Crippen LogP contribution in [0.4, 0.5) is 11.5 Å². The van der Waals surface area contributed by atoms with Gasteiger partial charge in [0, 0.05) is 48.7 Å². The number of carbonyl (C=O) groups is 1. The van der Waals surface area contributed by atoms with Gasteiger partial charge in [0.05, 0.1) is 31.7 Å². The van der Waals surface area contributed by atoms with Crippen LogP contribution in [0.5, 0.6) is 5.75 Å². The number of Topliss-reactive ketones (excluding diaryl/α,β-unsaturated/α-hetero) is 1. The van der Waals surface area contributed by atoms with Gasteiger partial charge in [-0.3, -0.25) is 9.78 Å². The molecule has 1 aromatic carbocycles. The van der Waals surface area contributed by atoms with Crippen molar-refractivity contribution in [2.75, 3.05) is 43.5 Å². The summed E-state index contributed by atoms with van der Waals surface area (Å²) >= 11 is 0. The van der Waals surface area contributed by atoms with E-state index < -0.39 is 0 Å². The molecular weight excluding hydrogens is 418 g/mol. The highest BCUT2D eigenvalue weighted by molar-refractivity contribution is 6.00. The molecule has 0 bridgehead atoms. The van der Waals surface area contributed by atoms with E-state index in [4.69, 9.17) is 15.2 Å². The Balaban J connectivity index is 1.57. The summed E-state index contributed by atoms with van der Waals surface area (Å²) in [5.41, 5.74) is 9.42. The third-order valence-corrected chi connectivity index (χ3v) is 5.36. The molecule has 0 aliphatic carbocycles. The number of anilines is 2. The van der Waals surface area contributed by atoms with Crippen LogP contribution in [0, 0.1) is 5.92 Å². The summed E-state index contributed by atoms with van der Waals surface area (Å²) in [6.07, 6.45) is 5.19. The minimum Gasteiger partial charge on any atom is -0.493 e. The van der Waals surface area contributed by atoms with Crippen molar-refractivity contribution < 1.29 is 14.3 Å². The van der Waals surface area contributed by atoms with Gasteiger partial charge in [-0.2, -0.15) is 0 Å². The van der Waals surface area contributed by atoms with E-state index in [1.807, 2.05) is 30.3 Å². The number of morpholine rings is 1. The van der Waals surface area contributed by atoms with Gasteiger partial charge in [0.25, 0.3) is 0 Å². The van der Waals surface area contributed by atoms with E-state index in [9.17, 15) is 4.79 Å². The Morgan fingerprint density at radius 3 is 2.82 bits per heavy atom. The van der Waals surface area contributed by atoms with Crippen LogP contribution in [0.2, 0.25) is 0 Å². The van der Waals surface area contributed by atoms with Gasteiger partial charge in [-0.1, -0.05) is 26.0 Å². The molecule has 0 atom stereocenters. The van der Waals surface area contributed by atoms with Gasteiger partial charge in [0.2, 0.25) is 0 Å². The Kier molecular flexibility index (Phi) is 7.14. The zero-order valence-corrected chi connectivity index (χ0v) is 19.0. The lowest BCUT2D eigenvalue weighted by atomic mass is 10.1. The smallest absolute Gasteiger partial charge is 0.189 e. The maximum Gasteiger partial charge on any atom is 0.189 e. The largest absolute Gasteiger partial charge is 0.493 e. The van der Waals surface area contributed by atoms with Gasteiger partial charge in [-0.05, 0) is 24.1 Å². The number of nitrogens with zero attached hydrogens (tertiary/aromatic N) is 4. The Labute approximate surface area is 193 Å². The van der Waals surface area contributed by atoms with Crippen LogP contribution in [-0.4, -0.2) is 53.6 Å². The van der Waals surface area contributed by atoms with Gasteiger partial charge in [0.1, 0.15) is 11.4 Å². The number of nitrogen functional groups attached to an aromatic ring is 1. The molecule has 4 rings (SSSR count). The summed E-state index contributed by atoms with van der Waals surface area (Å²) in [6, 6.07) is 9.54. The zero-order chi connectivity index (χ0) is 23.2. The standard InChI is InChI=1S/C25H29N5O3/c1-17(2)16-33-20-5-3-4-18(12-20)21-15-28-25(26)24(29-21)23(31)13-19-14-27-7-6-22(19)30-8-10-32-11-9-30/h3-7,12,14-15,17H,8-11,13,16H2,1-2H3,(H2,26,28). The molecule has 0 unspecified atom stereocenters. The van der Waals surface area contributed by atoms with Gasteiger partial charge in [-0.25, -0.2) is 9.97 Å². The summed E-state index contributed by atoms with van der Waals surface area (Å²) in [5.74, 6) is 1.09. The van der Waals surface area contributed by atoms with Crippen LogP contribution in [-0.2, 0) is 11.2 Å². The average molecular weight is 448 g/mol. The quantitative estimate of drug-likeness (QED) is 0.524. The lowest BCUT2D eigenvalue weighted by molar-refractivity contribution is 0.0988. The normalized spacial score (nSPS) is 13.8. The molecule has 0 radical (unpaired) electrons. The van der Waals surface area contributed by atoms with Crippen LogP contribution in [0.15, 0.2) is 48.9 Å². The minimum absolute atomic E-state index is 0.118. The summed E-state index contributed by atoms with van der Waals surface area (Å²) in [6.45, 7) is 7.69. The van der Waals surface area contributed by atoms with Gasteiger partial charge in [-0.15, -0.1) is 0 Å². The van der Waals surface area contributed by atoms with Crippen molar-refractivity contribution in [3.63, 3.8) is 0 Å². The molecule has 0 amide bonds. The van der Waals surface area contributed by atoms with E-state index in [0.29, 0.717) is 31.4 Å². The number of pyridine rings is 1. The first-order chi connectivity index (χ1) is 16.0. The molecular formula is C25H29N5O3. The molecule has 0 saturated carbocycles. The van der Waals surface area contributed by atoms with Crippen molar-refractivity contribution in [1.82, 2.24) is 15.0 Å². The number of rotatable bonds is 8. The Morgan fingerprint density at radius 2 is 2.03 bits per heavy atom. The van der Waals surface area contributed by atoms with Crippen LogP contribution >= 0.6 is 0 Å². The van der Waals surface area contributed by atoms with Crippen molar-refractivity contribution in [2.24, 2.45) is 5.92 Å².